The van der Waals surface area contributed by atoms with Crippen molar-refractivity contribution in [3.05, 3.63) is 65.2 Å². The minimum absolute atomic E-state index is 0.187. The van der Waals surface area contributed by atoms with Gasteiger partial charge in [0.1, 0.15) is 5.82 Å². The summed E-state index contributed by atoms with van der Waals surface area (Å²) in [4.78, 5) is 4.23. The molecule has 2 aromatic rings. The standard InChI is InChI=1S/C17H19FN2/c1-19-16(17-15(18)10-5-11-20-17)14-9-3-2-8-13(14)12-6-4-7-12/h2-3,5,8-12,16,19H,4,6-7H2,1H3. The Morgan fingerprint density at radius 2 is 2.00 bits per heavy atom. The van der Waals surface area contributed by atoms with Crippen LogP contribution in [0.3, 0.4) is 0 Å². The highest BCUT2D eigenvalue weighted by atomic mass is 19.1. The molecule has 1 atom stereocenters. The number of nitrogens with zero attached hydrogens (tertiary/aromatic N) is 1. The Kier molecular flexibility index (Phi) is 3.79. The second-order valence-electron chi connectivity index (χ2n) is 5.35. The van der Waals surface area contributed by atoms with Crippen molar-refractivity contribution in [2.45, 2.75) is 31.2 Å². The van der Waals surface area contributed by atoms with Gasteiger partial charge in [0, 0.05) is 6.20 Å². The largest absolute Gasteiger partial charge is 0.308 e. The van der Waals surface area contributed by atoms with Crippen LogP contribution in [0.2, 0.25) is 0 Å². The van der Waals surface area contributed by atoms with Gasteiger partial charge in [0.05, 0.1) is 11.7 Å². The van der Waals surface area contributed by atoms with E-state index in [1.54, 1.807) is 12.3 Å². The first-order valence-electron chi connectivity index (χ1n) is 7.17. The molecule has 1 aromatic carbocycles. The van der Waals surface area contributed by atoms with Crippen LogP contribution in [0.4, 0.5) is 4.39 Å². The zero-order chi connectivity index (χ0) is 13.9. The van der Waals surface area contributed by atoms with E-state index in [2.05, 4.69) is 28.5 Å². The minimum atomic E-state index is -0.254. The average molecular weight is 270 g/mol. The molecule has 1 aromatic heterocycles. The van der Waals surface area contributed by atoms with Gasteiger partial charge in [0.2, 0.25) is 0 Å². The van der Waals surface area contributed by atoms with E-state index < -0.39 is 0 Å². The summed E-state index contributed by atoms with van der Waals surface area (Å²) in [7, 11) is 1.86. The molecule has 1 N–H and O–H groups in total. The molecule has 0 aliphatic heterocycles. The Labute approximate surface area is 119 Å². The Balaban J connectivity index is 2.03. The predicted molar refractivity (Wildman–Crippen MR) is 78.1 cm³/mol. The van der Waals surface area contributed by atoms with Crippen molar-refractivity contribution in [3.63, 3.8) is 0 Å². The molecule has 1 fully saturated rings. The third-order valence-electron chi connectivity index (χ3n) is 4.20. The maximum Gasteiger partial charge on any atom is 0.146 e. The Bertz CT molecular complexity index is 593. The molecule has 3 rings (SSSR count). The first-order valence-corrected chi connectivity index (χ1v) is 7.17. The van der Waals surface area contributed by atoms with Gasteiger partial charge >= 0.3 is 0 Å². The lowest BCUT2D eigenvalue weighted by atomic mass is 9.77. The zero-order valence-corrected chi connectivity index (χ0v) is 11.6. The number of rotatable bonds is 4. The molecule has 3 heteroatoms. The van der Waals surface area contributed by atoms with E-state index in [0.717, 1.165) is 5.56 Å². The predicted octanol–water partition coefficient (Wildman–Crippen LogP) is 3.80. The number of pyridine rings is 1. The van der Waals surface area contributed by atoms with Crippen molar-refractivity contribution in [1.82, 2.24) is 10.3 Å². The van der Waals surface area contributed by atoms with Crippen LogP contribution in [-0.4, -0.2) is 12.0 Å². The highest BCUT2D eigenvalue weighted by Crippen LogP contribution is 2.40. The van der Waals surface area contributed by atoms with Crippen LogP contribution in [0.1, 0.15) is 48.0 Å². The molecule has 0 radical (unpaired) electrons. The second-order valence-corrected chi connectivity index (χ2v) is 5.35. The highest BCUT2D eigenvalue weighted by molar-refractivity contribution is 5.38. The van der Waals surface area contributed by atoms with E-state index in [4.69, 9.17) is 0 Å². The third-order valence-corrected chi connectivity index (χ3v) is 4.20. The van der Waals surface area contributed by atoms with Gasteiger partial charge in [-0.3, -0.25) is 4.98 Å². The smallest absolute Gasteiger partial charge is 0.146 e. The van der Waals surface area contributed by atoms with Crippen molar-refractivity contribution in [1.29, 1.82) is 0 Å². The van der Waals surface area contributed by atoms with E-state index in [1.165, 1.54) is 30.9 Å². The van der Waals surface area contributed by atoms with Gasteiger partial charge < -0.3 is 5.32 Å². The van der Waals surface area contributed by atoms with Gasteiger partial charge in [0.15, 0.2) is 0 Å². The summed E-state index contributed by atoms with van der Waals surface area (Å²) >= 11 is 0. The summed E-state index contributed by atoms with van der Waals surface area (Å²) < 4.78 is 14.0. The quantitative estimate of drug-likeness (QED) is 0.914. The van der Waals surface area contributed by atoms with Gasteiger partial charge in [-0.15, -0.1) is 0 Å². The molecule has 1 heterocycles. The van der Waals surface area contributed by atoms with E-state index in [1.807, 2.05) is 13.1 Å². The van der Waals surface area contributed by atoms with E-state index >= 15 is 0 Å². The first kappa shape index (κ1) is 13.3. The van der Waals surface area contributed by atoms with Crippen LogP contribution in [0.5, 0.6) is 0 Å². The summed E-state index contributed by atoms with van der Waals surface area (Å²) in [6.45, 7) is 0. The van der Waals surface area contributed by atoms with E-state index in [-0.39, 0.29) is 11.9 Å². The van der Waals surface area contributed by atoms with Crippen LogP contribution < -0.4 is 5.32 Å². The average Bonchev–Trinajstić information content (AvgIpc) is 2.41. The number of nitrogens with one attached hydrogen (secondary N) is 1. The number of benzene rings is 1. The fraction of sp³-hybridized carbons (Fsp3) is 0.353. The van der Waals surface area contributed by atoms with Crippen molar-refractivity contribution in [2.75, 3.05) is 7.05 Å². The maximum absolute atomic E-state index is 14.0. The topological polar surface area (TPSA) is 24.9 Å². The van der Waals surface area contributed by atoms with Gasteiger partial charge in [-0.25, -0.2) is 4.39 Å². The molecule has 104 valence electrons. The van der Waals surface area contributed by atoms with Crippen molar-refractivity contribution >= 4 is 0 Å². The number of halogens is 1. The molecule has 0 bridgehead atoms. The Morgan fingerprint density at radius 3 is 2.65 bits per heavy atom. The summed E-state index contributed by atoms with van der Waals surface area (Å²) in [6, 6.07) is 11.3. The van der Waals surface area contributed by atoms with E-state index in [0.29, 0.717) is 11.6 Å². The lowest BCUT2D eigenvalue weighted by Crippen LogP contribution is -2.23. The Morgan fingerprint density at radius 1 is 1.20 bits per heavy atom. The summed E-state index contributed by atoms with van der Waals surface area (Å²) in [6.07, 6.45) is 5.41. The molecule has 1 aliphatic carbocycles. The number of aromatic nitrogens is 1. The molecule has 1 unspecified atom stereocenters. The molecule has 20 heavy (non-hydrogen) atoms. The van der Waals surface area contributed by atoms with Gasteiger partial charge in [0.25, 0.3) is 0 Å². The molecule has 2 nitrogen and oxygen atoms in total. The van der Waals surface area contributed by atoms with Crippen LogP contribution in [0.25, 0.3) is 0 Å². The molecular weight excluding hydrogens is 251 g/mol. The Hall–Kier alpha value is -1.74. The van der Waals surface area contributed by atoms with Gasteiger partial charge in [-0.2, -0.15) is 0 Å². The third kappa shape index (κ3) is 2.34. The summed E-state index contributed by atoms with van der Waals surface area (Å²) in [5.74, 6) is 0.365. The normalized spacial score (nSPS) is 16.7. The fourth-order valence-electron chi connectivity index (χ4n) is 2.91. The van der Waals surface area contributed by atoms with Crippen LogP contribution in [0, 0.1) is 5.82 Å². The van der Waals surface area contributed by atoms with Gasteiger partial charge in [-0.1, -0.05) is 30.7 Å². The van der Waals surface area contributed by atoms with Gasteiger partial charge in [-0.05, 0) is 49.1 Å². The van der Waals surface area contributed by atoms with E-state index in [9.17, 15) is 4.39 Å². The lowest BCUT2D eigenvalue weighted by molar-refractivity contribution is 0.414. The SMILES string of the molecule is CNC(c1ccccc1C1CCC1)c1ncccc1F. The molecule has 1 saturated carbocycles. The van der Waals surface area contributed by atoms with Crippen LogP contribution in [-0.2, 0) is 0 Å². The highest BCUT2D eigenvalue weighted by Gasteiger charge is 2.26. The molecule has 0 amide bonds. The van der Waals surface area contributed by atoms with Crippen molar-refractivity contribution in [2.24, 2.45) is 0 Å². The zero-order valence-electron chi connectivity index (χ0n) is 11.6. The minimum Gasteiger partial charge on any atom is -0.308 e. The molecule has 0 spiro atoms. The van der Waals surface area contributed by atoms with Crippen molar-refractivity contribution < 1.29 is 4.39 Å². The summed E-state index contributed by atoms with van der Waals surface area (Å²) in [5, 5.41) is 3.22. The second kappa shape index (κ2) is 5.71. The lowest BCUT2D eigenvalue weighted by Gasteiger charge is -2.30. The molecule has 0 saturated heterocycles. The van der Waals surface area contributed by atoms with Crippen LogP contribution >= 0.6 is 0 Å². The van der Waals surface area contributed by atoms with Crippen LogP contribution in [0.15, 0.2) is 42.6 Å². The maximum atomic E-state index is 14.0. The fourth-order valence-corrected chi connectivity index (χ4v) is 2.91. The molecular formula is C17H19FN2. The van der Waals surface area contributed by atoms with Crippen molar-refractivity contribution in [3.8, 4) is 0 Å². The summed E-state index contributed by atoms with van der Waals surface area (Å²) in [5.41, 5.74) is 2.96. The molecule has 1 aliphatic rings. The first-order chi connectivity index (χ1) is 9.81. The number of hydrogen-bond acceptors (Lipinski definition) is 2. The monoisotopic (exact) mass is 270 g/mol. The number of hydrogen-bond donors (Lipinski definition) is 1.